The molecule has 0 atom stereocenters. The molecule has 1 amide bonds. The molecule has 2 aromatic heterocycles. The highest BCUT2D eigenvalue weighted by Gasteiger charge is 2.16. The van der Waals surface area contributed by atoms with Gasteiger partial charge in [-0.15, -0.1) is 11.3 Å². The molecule has 0 unspecified atom stereocenters. The smallest absolute Gasteiger partial charge is 0.254 e. The lowest BCUT2D eigenvalue weighted by atomic mass is 10.2. The molecule has 4 rings (SSSR count). The van der Waals surface area contributed by atoms with Gasteiger partial charge in [-0.3, -0.25) is 4.79 Å². The number of halogens is 1. The van der Waals surface area contributed by atoms with Crippen LogP contribution in [-0.4, -0.2) is 15.7 Å². The Labute approximate surface area is 159 Å². The van der Waals surface area contributed by atoms with E-state index in [4.69, 9.17) is 5.10 Å². The molecule has 2 aromatic carbocycles. The van der Waals surface area contributed by atoms with Crippen LogP contribution in [-0.2, 0) is 6.54 Å². The van der Waals surface area contributed by atoms with Crippen molar-refractivity contribution >= 4 is 17.2 Å². The van der Waals surface area contributed by atoms with Crippen molar-refractivity contribution in [3.63, 3.8) is 0 Å². The minimum atomic E-state index is -0.534. The molecule has 134 valence electrons. The molecule has 6 heteroatoms. The maximum Gasteiger partial charge on any atom is 0.254 e. The predicted molar refractivity (Wildman–Crippen MR) is 104 cm³/mol. The van der Waals surface area contributed by atoms with Crippen LogP contribution < -0.4 is 5.32 Å². The molecule has 0 radical (unpaired) electrons. The lowest BCUT2D eigenvalue weighted by Gasteiger charge is -2.05. The molecule has 0 aliphatic carbocycles. The van der Waals surface area contributed by atoms with Crippen LogP contribution in [0.4, 0.5) is 4.39 Å². The van der Waals surface area contributed by atoms with Gasteiger partial charge in [0.2, 0.25) is 0 Å². The van der Waals surface area contributed by atoms with E-state index in [0.29, 0.717) is 0 Å². The van der Waals surface area contributed by atoms with E-state index in [1.165, 1.54) is 12.1 Å². The first-order valence-corrected chi connectivity index (χ1v) is 9.31. The summed E-state index contributed by atoms with van der Waals surface area (Å²) < 4.78 is 15.6. The zero-order valence-corrected chi connectivity index (χ0v) is 15.1. The highest BCUT2D eigenvalue weighted by atomic mass is 32.1. The fourth-order valence-electron chi connectivity index (χ4n) is 2.79. The Morgan fingerprint density at radius 2 is 1.81 bits per heavy atom. The van der Waals surface area contributed by atoms with E-state index in [-0.39, 0.29) is 12.1 Å². The van der Waals surface area contributed by atoms with Crippen LogP contribution in [0.25, 0.3) is 16.3 Å². The largest absolute Gasteiger partial charge is 0.348 e. The molecule has 0 bridgehead atoms. The minimum Gasteiger partial charge on any atom is -0.348 e. The van der Waals surface area contributed by atoms with Crippen molar-refractivity contribution in [3.8, 4) is 16.3 Å². The van der Waals surface area contributed by atoms with Crippen LogP contribution in [0.5, 0.6) is 0 Å². The topological polar surface area (TPSA) is 46.9 Å². The van der Waals surface area contributed by atoms with Crippen LogP contribution in [0.15, 0.2) is 78.3 Å². The van der Waals surface area contributed by atoms with Gasteiger partial charge in [-0.2, -0.15) is 5.10 Å². The van der Waals surface area contributed by atoms with Gasteiger partial charge in [-0.1, -0.05) is 36.4 Å². The van der Waals surface area contributed by atoms with Crippen molar-refractivity contribution in [2.75, 3.05) is 0 Å². The molecule has 0 aliphatic rings. The first kappa shape index (κ1) is 17.2. The summed E-state index contributed by atoms with van der Waals surface area (Å²) in [6.07, 6.45) is 1.89. The van der Waals surface area contributed by atoms with E-state index in [1.807, 2.05) is 54.0 Å². The Morgan fingerprint density at radius 3 is 2.56 bits per heavy atom. The Hall–Kier alpha value is -3.25. The summed E-state index contributed by atoms with van der Waals surface area (Å²) >= 11 is 1.58. The number of carbonyl (C=O) groups excluding carboxylic acids is 1. The molecule has 0 saturated carbocycles. The maximum atomic E-state index is 13.8. The molecule has 4 nitrogen and oxygen atoms in total. The van der Waals surface area contributed by atoms with Crippen molar-refractivity contribution in [2.45, 2.75) is 6.54 Å². The second-order valence-corrected chi connectivity index (χ2v) is 6.87. The molecule has 0 saturated heterocycles. The van der Waals surface area contributed by atoms with Crippen molar-refractivity contribution < 1.29 is 9.18 Å². The van der Waals surface area contributed by atoms with E-state index < -0.39 is 11.7 Å². The Balaban J connectivity index is 1.62. The second-order valence-electron chi connectivity index (χ2n) is 5.92. The number of aromatic nitrogens is 2. The van der Waals surface area contributed by atoms with E-state index in [1.54, 1.807) is 28.2 Å². The number of nitrogens with one attached hydrogen (secondary N) is 1. The number of hydrogen-bond donors (Lipinski definition) is 1. The number of amides is 1. The van der Waals surface area contributed by atoms with Gasteiger partial charge in [0.1, 0.15) is 11.5 Å². The molecule has 27 heavy (non-hydrogen) atoms. The van der Waals surface area contributed by atoms with E-state index >= 15 is 0 Å². The van der Waals surface area contributed by atoms with Crippen molar-refractivity contribution in [1.29, 1.82) is 0 Å². The van der Waals surface area contributed by atoms with E-state index in [2.05, 4.69) is 5.32 Å². The highest BCUT2D eigenvalue weighted by Crippen LogP contribution is 2.27. The number of rotatable bonds is 5. The summed E-state index contributed by atoms with van der Waals surface area (Å²) in [6, 6.07) is 19.7. The molecule has 2 heterocycles. The third-order valence-electron chi connectivity index (χ3n) is 4.12. The Kier molecular flexibility index (Phi) is 4.80. The van der Waals surface area contributed by atoms with Gasteiger partial charge in [-0.05, 0) is 35.7 Å². The van der Waals surface area contributed by atoms with Crippen LogP contribution in [0, 0.1) is 5.82 Å². The van der Waals surface area contributed by atoms with Gasteiger partial charge in [0.05, 0.1) is 16.1 Å². The van der Waals surface area contributed by atoms with Crippen molar-refractivity contribution in [1.82, 2.24) is 15.1 Å². The molecule has 0 fully saturated rings. The zero-order chi connectivity index (χ0) is 18.6. The lowest BCUT2D eigenvalue weighted by molar-refractivity contribution is 0.0947. The maximum absolute atomic E-state index is 13.8. The number of thiophene rings is 1. The van der Waals surface area contributed by atoms with Gasteiger partial charge in [0.25, 0.3) is 5.91 Å². The summed E-state index contributed by atoms with van der Waals surface area (Å²) in [6.45, 7) is 0.257. The van der Waals surface area contributed by atoms with Crippen LogP contribution >= 0.6 is 11.3 Å². The zero-order valence-electron chi connectivity index (χ0n) is 14.3. The van der Waals surface area contributed by atoms with Crippen molar-refractivity contribution in [2.24, 2.45) is 0 Å². The Bertz CT molecular complexity index is 1060. The van der Waals surface area contributed by atoms with Crippen LogP contribution in [0.3, 0.4) is 0 Å². The highest BCUT2D eigenvalue weighted by molar-refractivity contribution is 7.13. The van der Waals surface area contributed by atoms with E-state index in [9.17, 15) is 9.18 Å². The average Bonchev–Trinajstić information content (AvgIpc) is 3.37. The summed E-state index contributed by atoms with van der Waals surface area (Å²) in [5.41, 5.74) is 2.64. The van der Waals surface area contributed by atoms with Crippen LogP contribution in [0.1, 0.15) is 15.9 Å². The summed E-state index contributed by atoms with van der Waals surface area (Å²) in [4.78, 5) is 13.4. The molecule has 4 aromatic rings. The van der Waals surface area contributed by atoms with Crippen molar-refractivity contribution in [3.05, 3.63) is 95.3 Å². The number of nitrogens with zero attached hydrogens (tertiary/aromatic N) is 2. The summed E-state index contributed by atoms with van der Waals surface area (Å²) in [5.74, 6) is -0.980. The normalized spacial score (nSPS) is 10.7. The molecule has 0 spiro atoms. The third-order valence-corrected chi connectivity index (χ3v) is 5.00. The first-order valence-electron chi connectivity index (χ1n) is 8.43. The number of para-hydroxylation sites is 1. The van der Waals surface area contributed by atoms with Crippen LogP contribution in [0.2, 0.25) is 0 Å². The second kappa shape index (κ2) is 7.55. The summed E-state index contributed by atoms with van der Waals surface area (Å²) in [5, 5.41) is 9.47. The predicted octanol–water partition coefficient (Wildman–Crippen LogP) is 4.67. The number of carbonyl (C=O) groups is 1. The molecular formula is C21H16FN3OS. The lowest BCUT2D eigenvalue weighted by Crippen LogP contribution is -2.23. The van der Waals surface area contributed by atoms with E-state index in [0.717, 1.165) is 21.8 Å². The van der Waals surface area contributed by atoms with Gasteiger partial charge in [-0.25, -0.2) is 9.07 Å². The fourth-order valence-corrected chi connectivity index (χ4v) is 3.53. The SMILES string of the molecule is O=C(NCc1cn(-c2ccccc2)nc1-c1cccs1)c1ccccc1F. The van der Waals surface area contributed by atoms with Gasteiger partial charge >= 0.3 is 0 Å². The van der Waals surface area contributed by atoms with Gasteiger partial charge in [0, 0.05) is 18.3 Å². The third kappa shape index (κ3) is 3.66. The average molecular weight is 377 g/mol. The molecular weight excluding hydrogens is 361 g/mol. The molecule has 1 N–H and O–H groups in total. The first-order chi connectivity index (χ1) is 13.2. The standard InChI is InChI=1S/C21H16FN3OS/c22-18-10-5-4-9-17(18)21(26)23-13-15-14-25(16-7-2-1-3-8-16)24-20(15)19-11-6-12-27-19/h1-12,14H,13H2,(H,23,26). The van der Waals surface area contributed by atoms with Gasteiger partial charge < -0.3 is 5.32 Å². The monoisotopic (exact) mass is 377 g/mol. The summed E-state index contributed by atoms with van der Waals surface area (Å²) in [7, 11) is 0. The quantitative estimate of drug-likeness (QED) is 0.549. The fraction of sp³-hybridized carbons (Fsp3) is 0.0476. The van der Waals surface area contributed by atoms with Gasteiger partial charge in [0.15, 0.2) is 0 Å². The number of hydrogen-bond acceptors (Lipinski definition) is 3. The Morgan fingerprint density at radius 1 is 1.04 bits per heavy atom. The minimum absolute atomic E-state index is 0.0330. The molecule has 0 aliphatic heterocycles. The number of benzene rings is 2.